The number of esters is 1. The molecular weight excluding hydrogens is 266 g/mol. The zero-order chi connectivity index (χ0) is 15.2. The number of anilines is 2. The SMILES string of the molecule is CCOC(=O)c1ccc(NCc2ccncc2C)c(N)c1. The smallest absolute Gasteiger partial charge is 0.338 e. The van der Waals surface area contributed by atoms with Crippen LogP contribution in [0.5, 0.6) is 0 Å². The van der Waals surface area contributed by atoms with Crippen molar-refractivity contribution in [1.82, 2.24) is 4.98 Å². The first-order chi connectivity index (χ1) is 10.1. The molecule has 0 bridgehead atoms. The summed E-state index contributed by atoms with van der Waals surface area (Å²) >= 11 is 0. The van der Waals surface area contributed by atoms with Gasteiger partial charge in [0, 0.05) is 18.9 Å². The second kappa shape index (κ2) is 6.74. The van der Waals surface area contributed by atoms with E-state index in [9.17, 15) is 4.79 Å². The molecule has 0 fully saturated rings. The summed E-state index contributed by atoms with van der Waals surface area (Å²) in [5, 5.41) is 3.26. The maximum Gasteiger partial charge on any atom is 0.338 e. The van der Waals surface area contributed by atoms with Gasteiger partial charge in [-0.25, -0.2) is 4.79 Å². The van der Waals surface area contributed by atoms with E-state index in [2.05, 4.69) is 10.3 Å². The average Bonchev–Trinajstić information content (AvgIpc) is 2.47. The molecule has 0 aliphatic rings. The molecule has 1 heterocycles. The van der Waals surface area contributed by atoms with Gasteiger partial charge in [-0.05, 0) is 49.2 Å². The van der Waals surface area contributed by atoms with Gasteiger partial charge in [0.05, 0.1) is 23.5 Å². The van der Waals surface area contributed by atoms with Gasteiger partial charge in [-0.15, -0.1) is 0 Å². The summed E-state index contributed by atoms with van der Waals surface area (Å²) in [5.41, 5.74) is 10.0. The van der Waals surface area contributed by atoms with Crippen molar-refractivity contribution < 1.29 is 9.53 Å². The highest BCUT2D eigenvalue weighted by Gasteiger charge is 2.09. The van der Waals surface area contributed by atoms with Crippen LogP contribution in [0.4, 0.5) is 11.4 Å². The lowest BCUT2D eigenvalue weighted by atomic mass is 10.1. The summed E-state index contributed by atoms with van der Waals surface area (Å²) < 4.78 is 4.95. The molecule has 0 saturated carbocycles. The number of pyridine rings is 1. The van der Waals surface area contributed by atoms with Crippen LogP contribution in [0.2, 0.25) is 0 Å². The molecule has 110 valence electrons. The maximum absolute atomic E-state index is 11.6. The quantitative estimate of drug-likeness (QED) is 0.652. The molecule has 21 heavy (non-hydrogen) atoms. The van der Waals surface area contributed by atoms with E-state index in [1.807, 2.05) is 19.2 Å². The van der Waals surface area contributed by atoms with E-state index in [0.717, 1.165) is 16.8 Å². The molecule has 3 N–H and O–H groups in total. The number of ether oxygens (including phenoxy) is 1. The van der Waals surface area contributed by atoms with Gasteiger partial charge in [0.25, 0.3) is 0 Å². The van der Waals surface area contributed by atoms with Crippen molar-refractivity contribution >= 4 is 17.3 Å². The van der Waals surface area contributed by atoms with E-state index in [1.165, 1.54) is 0 Å². The summed E-state index contributed by atoms with van der Waals surface area (Å²) in [7, 11) is 0. The van der Waals surface area contributed by atoms with E-state index >= 15 is 0 Å². The monoisotopic (exact) mass is 285 g/mol. The highest BCUT2D eigenvalue weighted by atomic mass is 16.5. The Kier molecular flexibility index (Phi) is 4.77. The molecule has 0 saturated heterocycles. The lowest BCUT2D eigenvalue weighted by Gasteiger charge is -2.12. The number of hydrogen-bond acceptors (Lipinski definition) is 5. The molecular formula is C16H19N3O2. The fourth-order valence-electron chi connectivity index (χ4n) is 1.96. The second-order valence-corrected chi connectivity index (χ2v) is 4.68. The number of nitrogens with two attached hydrogens (primary N) is 1. The van der Waals surface area contributed by atoms with Gasteiger partial charge in [-0.2, -0.15) is 0 Å². The Balaban J connectivity index is 2.08. The topological polar surface area (TPSA) is 77.2 Å². The fraction of sp³-hybridized carbons (Fsp3) is 0.250. The number of hydrogen-bond donors (Lipinski definition) is 2. The van der Waals surface area contributed by atoms with Crippen LogP contribution in [0.15, 0.2) is 36.7 Å². The Morgan fingerprint density at radius 3 is 2.86 bits per heavy atom. The first kappa shape index (κ1) is 14.8. The summed E-state index contributed by atoms with van der Waals surface area (Å²) in [4.78, 5) is 15.7. The third kappa shape index (κ3) is 3.72. The Morgan fingerprint density at radius 1 is 1.38 bits per heavy atom. The lowest BCUT2D eigenvalue weighted by molar-refractivity contribution is 0.0526. The number of nitrogens with zero attached hydrogens (tertiary/aromatic N) is 1. The minimum Gasteiger partial charge on any atom is -0.462 e. The Morgan fingerprint density at radius 2 is 2.19 bits per heavy atom. The first-order valence-corrected chi connectivity index (χ1v) is 6.81. The highest BCUT2D eigenvalue weighted by molar-refractivity contribution is 5.91. The van der Waals surface area contributed by atoms with E-state index in [1.54, 1.807) is 31.3 Å². The van der Waals surface area contributed by atoms with Crippen molar-refractivity contribution in [3.05, 3.63) is 53.3 Å². The van der Waals surface area contributed by atoms with Crippen LogP contribution in [0, 0.1) is 6.92 Å². The number of aromatic nitrogens is 1. The number of nitrogen functional groups attached to an aromatic ring is 1. The molecule has 0 aliphatic carbocycles. The second-order valence-electron chi connectivity index (χ2n) is 4.68. The van der Waals surface area contributed by atoms with Gasteiger partial charge in [0.15, 0.2) is 0 Å². The van der Waals surface area contributed by atoms with Crippen molar-refractivity contribution in [2.45, 2.75) is 20.4 Å². The van der Waals surface area contributed by atoms with Crippen LogP contribution < -0.4 is 11.1 Å². The summed E-state index contributed by atoms with van der Waals surface area (Å²) in [6, 6.07) is 7.08. The number of carbonyl (C=O) groups is 1. The summed E-state index contributed by atoms with van der Waals surface area (Å²) in [6.45, 7) is 4.78. The maximum atomic E-state index is 11.6. The van der Waals surface area contributed by atoms with Crippen LogP contribution in [0.1, 0.15) is 28.4 Å². The normalized spacial score (nSPS) is 10.2. The van der Waals surface area contributed by atoms with Crippen LogP contribution in [-0.2, 0) is 11.3 Å². The minimum atomic E-state index is -0.360. The van der Waals surface area contributed by atoms with Gasteiger partial charge in [-0.3, -0.25) is 4.98 Å². The molecule has 2 rings (SSSR count). The number of rotatable bonds is 5. The fourth-order valence-corrected chi connectivity index (χ4v) is 1.96. The van der Waals surface area contributed by atoms with Crippen molar-refractivity contribution in [3.63, 3.8) is 0 Å². The molecule has 5 heteroatoms. The third-order valence-corrected chi connectivity index (χ3v) is 3.17. The number of benzene rings is 1. The molecule has 1 aromatic carbocycles. The molecule has 0 amide bonds. The lowest BCUT2D eigenvalue weighted by Crippen LogP contribution is -2.08. The van der Waals surface area contributed by atoms with Gasteiger partial charge in [0.1, 0.15) is 0 Å². The molecule has 0 aliphatic heterocycles. The molecule has 0 spiro atoms. The molecule has 2 aromatic rings. The third-order valence-electron chi connectivity index (χ3n) is 3.17. The zero-order valence-electron chi connectivity index (χ0n) is 12.2. The van der Waals surface area contributed by atoms with Crippen molar-refractivity contribution in [3.8, 4) is 0 Å². The van der Waals surface area contributed by atoms with Crippen LogP contribution in [0.25, 0.3) is 0 Å². The predicted molar refractivity (Wildman–Crippen MR) is 83.1 cm³/mol. The molecule has 0 unspecified atom stereocenters. The Labute approximate surface area is 124 Å². The Hall–Kier alpha value is -2.56. The van der Waals surface area contributed by atoms with Crippen molar-refractivity contribution in [1.29, 1.82) is 0 Å². The standard InChI is InChI=1S/C16H19N3O2/c1-3-21-16(20)12-4-5-15(14(17)8-12)19-10-13-6-7-18-9-11(13)2/h4-9,19H,3,10,17H2,1-2H3. The van der Waals surface area contributed by atoms with Gasteiger partial charge in [-0.1, -0.05) is 0 Å². The van der Waals surface area contributed by atoms with Gasteiger partial charge in [0.2, 0.25) is 0 Å². The number of carbonyl (C=O) groups excluding carboxylic acids is 1. The van der Waals surface area contributed by atoms with E-state index in [4.69, 9.17) is 10.5 Å². The largest absolute Gasteiger partial charge is 0.462 e. The van der Waals surface area contributed by atoms with Crippen molar-refractivity contribution in [2.75, 3.05) is 17.7 Å². The number of nitrogens with one attached hydrogen (secondary N) is 1. The predicted octanol–water partition coefficient (Wildman–Crippen LogP) is 2.76. The average molecular weight is 285 g/mol. The number of aryl methyl sites for hydroxylation is 1. The molecule has 0 atom stereocenters. The van der Waals surface area contributed by atoms with Crippen LogP contribution in [0.3, 0.4) is 0 Å². The van der Waals surface area contributed by atoms with E-state index < -0.39 is 0 Å². The molecule has 1 aromatic heterocycles. The zero-order valence-corrected chi connectivity index (χ0v) is 12.2. The van der Waals surface area contributed by atoms with E-state index in [0.29, 0.717) is 24.4 Å². The van der Waals surface area contributed by atoms with E-state index in [-0.39, 0.29) is 5.97 Å². The molecule has 5 nitrogen and oxygen atoms in total. The van der Waals surface area contributed by atoms with Crippen LogP contribution >= 0.6 is 0 Å². The minimum absolute atomic E-state index is 0.347. The van der Waals surface area contributed by atoms with Crippen molar-refractivity contribution in [2.24, 2.45) is 0 Å². The summed E-state index contributed by atoms with van der Waals surface area (Å²) in [6.07, 6.45) is 3.58. The van der Waals surface area contributed by atoms with Gasteiger partial charge < -0.3 is 15.8 Å². The Bertz CT molecular complexity index is 641. The molecule has 0 radical (unpaired) electrons. The van der Waals surface area contributed by atoms with Gasteiger partial charge >= 0.3 is 5.97 Å². The van der Waals surface area contributed by atoms with Crippen LogP contribution in [-0.4, -0.2) is 17.6 Å². The highest BCUT2D eigenvalue weighted by Crippen LogP contribution is 2.21. The summed E-state index contributed by atoms with van der Waals surface area (Å²) in [5.74, 6) is -0.360. The first-order valence-electron chi connectivity index (χ1n) is 6.81.